The smallest absolute Gasteiger partial charge is 0.308 e. The second-order valence-electron chi connectivity index (χ2n) is 12.1. The van der Waals surface area contributed by atoms with E-state index in [2.05, 4.69) is 6.92 Å². The number of hydrogen-bond acceptors (Lipinski definition) is 8. The van der Waals surface area contributed by atoms with Crippen molar-refractivity contribution in [2.45, 2.75) is 83.3 Å². The van der Waals surface area contributed by atoms with E-state index >= 15 is 0 Å². The Morgan fingerprint density at radius 2 is 1.79 bits per heavy atom. The van der Waals surface area contributed by atoms with Gasteiger partial charge in [0.15, 0.2) is 11.9 Å². The van der Waals surface area contributed by atoms with Gasteiger partial charge in [0.05, 0.1) is 12.1 Å². The average Bonchev–Trinajstić information content (AvgIpc) is 3.16. The average molecular weight is 547 g/mol. The first kappa shape index (κ1) is 26.9. The Kier molecular flexibility index (Phi) is 7.10. The van der Waals surface area contributed by atoms with Crippen LogP contribution in [0.3, 0.4) is 0 Å². The minimum atomic E-state index is -0.893. The van der Waals surface area contributed by atoms with Crippen molar-refractivity contribution in [1.29, 1.82) is 0 Å². The highest BCUT2D eigenvalue weighted by atomic mass is 19.1. The van der Waals surface area contributed by atoms with E-state index in [1.54, 1.807) is 23.1 Å². The molecule has 9 nitrogen and oxygen atoms in total. The maximum absolute atomic E-state index is 14.1. The standard InChI is InChI=1S/C29H39FN2O7/c1-18-8-9-21-19(2)26(36-27-29(21)20(18)12-13-28(3,37-27)38-39-29)35-25(34)11-10-24(33)32-16-14-31(15-17-32)23-7-5-4-6-22(23)30/h4-7,18-21,26-27H,8-17H2,1-3H3/t18-,19-,20+,21+,26-,27-,28+,29-/m1/s1. The highest BCUT2D eigenvalue weighted by Crippen LogP contribution is 2.60. The van der Waals surface area contributed by atoms with Gasteiger partial charge in [0.1, 0.15) is 5.82 Å². The first-order valence-electron chi connectivity index (χ1n) is 14.4. The number of carbonyl (C=O) groups is 2. The first-order chi connectivity index (χ1) is 18.7. The van der Waals surface area contributed by atoms with Crippen molar-refractivity contribution in [2.75, 3.05) is 31.1 Å². The molecular formula is C29H39FN2O7. The third-order valence-electron chi connectivity index (χ3n) is 9.71. The quantitative estimate of drug-likeness (QED) is 0.405. The Bertz CT molecular complexity index is 1100. The number of amides is 1. The zero-order chi connectivity index (χ0) is 27.4. The maximum Gasteiger partial charge on any atom is 0.308 e. The summed E-state index contributed by atoms with van der Waals surface area (Å²) in [4.78, 5) is 41.3. The molecule has 0 N–H and O–H groups in total. The van der Waals surface area contributed by atoms with Gasteiger partial charge in [0.2, 0.25) is 18.0 Å². The molecule has 214 valence electrons. The lowest BCUT2D eigenvalue weighted by Gasteiger charge is -2.59. The molecule has 1 aliphatic carbocycles. The van der Waals surface area contributed by atoms with Crippen LogP contribution in [0.1, 0.15) is 59.3 Å². The van der Waals surface area contributed by atoms with Crippen LogP contribution in [0.5, 0.6) is 0 Å². The van der Waals surface area contributed by atoms with E-state index in [9.17, 15) is 14.0 Å². The molecule has 5 saturated heterocycles. The van der Waals surface area contributed by atoms with Gasteiger partial charge >= 0.3 is 5.97 Å². The van der Waals surface area contributed by atoms with E-state index in [0.717, 1.165) is 19.3 Å². The zero-order valence-corrected chi connectivity index (χ0v) is 23.0. The van der Waals surface area contributed by atoms with Crippen molar-refractivity contribution in [3.05, 3.63) is 30.1 Å². The number of fused-ring (bicyclic) bond motifs is 2. The van der Waals surface area contributed by atoms with Gasteiger partial charge in [-0.05, 0) is 50.2 Å². The van der Waals surface area contributed by atoms with E-state index in [0.29, 0.717) is 44.2 Å². The van der Waals surface area contributed by atoms with Gasteiger partial charge in [-0.25, -0.2) is 14.2 Å². The second-order valence-corrected chi connectivity index (χ2v) is 12.1. The third kappa shape index (κ3) is 4.73. The number of ether oxygens (including phenoxy) is 3. The molecule has 39 heavy (non-hydrogen) atoms. The zero-order valence-electron chi connectivity index (χ0n) is 23.0. The molecule has 7 rings (SSSR count). The number of carbonyl (C=O) groups excluding carboxylic acids is 2. The van der Waals surface area contributed by atoms with Gasteiger partial charge in [-0.3, -0.25) is 9.59 Å². The largest absolute Gasteiger partial charge is 0.435 e. The van der Waals surface area contributed by atoms with Crippen LogP contribution >= 0.6 is 0 Å². The molecule has 6 aliphatic rings. The summed E-state index contributed by atoms with van der Waals surface area (Å²) < 4.78 is 32.6. The normalized spacial score (nSPS) is 39.6. The van der Waals surface area contributed by atoms with Crippen molar-refractivity contribution in [3.8, 4) is 0 Å². The summed E-state index contributed by atoms with van der Waals surface area (Å²) in [6.07, 6.45) is 2.18. The Balaban J connectivity index is 1.04. The fourth-order valence-corrected chi connectivity index (χ4v) is 7.47. The number of piperazine rings is 1. The molecular weight excluding hydrogens is 507 g/mol. The first-order valence-corrected chi connectivity index (χ1v) is 14.4. The summed E-state index contributed by atoms with van der Waals surface area (Å²) in [7, 11) is 0. The molecule has 1 spiro atoms. The predicted octanol–water partition coefficient (Wildman–Crippen LogP) is 4.01. The summed E-state index contributed by atoms with van der Waals surface area (Å²) >= 11 is 0. The van der Waals surface area contributed by atoms with Gasteiger partial charge in [-0.15, -0.1) is 0 Å². The van der Waals surface area contributed by atoms with Gasteiger partial charge in [0.25, 0.3) is 0 Å². The summed E-state index contributed by atoms with van der Waals surface area (Å²) in [6, 6.07) is 6.66. The Labute approximate surface area is 228 Å². The molecule has 0 aromatic heterocycles. The van der Waals surface area contributed by atoms with Gasteiger partial charge in [-0.2, -0.15) is 0 Å². The molecule has 2 bridgehead atoms. The van der Waals surface area contributed by atoms with E-state index in [-0.39, 0.29) is 42.3 Å². The lowest BCUT2D eigenvalue weighted by Crippen LogP contribution is -2.70. The number of esters is 1. The lowest BCUT2D eigenvalue weighted by molar-refractivity contribution is -0.576. The molecule has 5 aliphatic heterocycles. The summed E-state index contributed by atoms with van der Waals surface area (Å²) in [5.74, 6) is -1.10. The van der Waals surface area contributed by atoms with Gasteiger partial charge in [0, 0.05) is 50.9 Å². The van der Waals surface area contributed by atoms with Crippen LogP contribution in [0.15, 0.2) is 24.3 Å². The minimum absolute atomic E-state index is 0.0305. The molecule has 1 saturated carbocycles. The topological polar surface area (TPSA) is 86.8 Å². The van der Waals surface area contributed by atoms with E-state index in [1.807, 2.05) is 18.7 Å². The monoisotopic (exact) mass is 546 g/mol. The minimum Gasteiger partial charge on any atom is -0.435 e. The number of benzene rings is 1. The molecule has 0 radical (unpaired) electrons. The summed E-state index contributed by atoms with van der Waals surface area (Å²) in [5, 5.41) is 0. The highest BCUT2D eigenvalue weighted by Gasteiger charge is 2.69. The van der Waals surface area contributed by atoms with Crippen LogP contribution in [-0.2, 0) is 33.6 Å². The highest BCUT2D eigenvalue weighted by molar-refractivity contribution is 5.81. The van der Waals surface area contributed by atoms with Crippen molar-refractivity contribution in [3.63, 3.8) is 0 Å². The molecule has 1 aromatic carbocycles. The van der Waals surface area contributed by atoms with Crippen LogP contribution < -0.4 is 4.90 Å². The van der Waals surface area contributed by atoms with Crippen molar-refractivity contribution >= 4 is 17.6 Å². The number of para-hydroxylation sites is 1. The van der Waals surface area contributed by atoms with Crippen LogP contribution in [0.25, 0.3) is 0 Å². The Morgan fingerprint density at radius 1 is 1.03 bits per heavy atom. The molecule has 1 aromatic rings. The van der Waals surface area contributed by atoms with Crippen LogP contribution in [0, 0.1) is 29.5 Å². The van der Waals surface area contributed by atoms with E-state index in [1.165, 1.54) is 6.07 Å². The number of hydrogen-bond donors (Lipinski definition) is 0. The van der Waals surface area contributed by atoms with Crippen LogP contribution in [0.2, 0.25) is 0 Å². The number of halogens is 1. The molecule has 8 atom stereocenters. The van der Waals surface area contributed by atoms with E-state index in [4.69, 9.17) is 24.0 Å². The lowest BCUT2D eigenvalue weighted by atomic mass is 9.58. The van der Waals surface area contributed by atoms with Crippen molar-refractivity contribution < 1.29 is 38.0 Å². The number of nitrogens with zero attached hydrogens (tertiary/aromatic N) is 2. The maximum atomic E-state index is 14.1. The second kappa shape index (κ2) is 10.3. The molecule has 5 heterocycles. The molecule has 1 amide bonds. The Hall–Kier alpha value is -2.27. The third-order valence-corrected chi connectivity index (χ3v) is 9.71. The van der Waals surface area contributed by atoms with Crippen LogP contribution in [0.4, 0.5) is 10.1 Å². The number of anilines is 1. The van der Waals surface area contributed by atoms with Gasteiger partial charge in [-0.1, -0.05) is 26.0 Å². The summed E-state index contributed by atoms with van der Waals surface area (Å²) in [5.41, 5.74) is -0.163. The Morgan fingerprint density at radius 3 is 2.56 bits per heavy atom. The SMILES string of the molecule is C[C@H]1[C@H](OC(=O)CCC(=O)N2CCN(c3ccccc3F)CC2)O[C@@H]2O[C@]3(C)CC[C@H]4[C@H](C)CC[C@@H]1[C@@]24OO3. The number of rotatable bonds is 5. The van der Waals surface area contributed by atoms with E-state index < -0.39 is 29.9 Å². The molecule has 6 fully saturated rings. The molecule has 0 unspecified atom stereocenters. The fourth-order valence-electron chi connectivity index (χ4n) is 7.47. The molecule has 10 heteroatoms. The van der Waals surface area contributed by atoms with Crippen molar-refractivity contribution in [2.24, 2.45) is 23.7 Å². The summed E-state index contributed by atoms with van der Waals surface area (Å²) in [6.45, 7) is 8.19. The predicted molar refractivity (Wildman–Crippen MR) is 137 cm³/mol. The fraction of sp³-hybridized carbons (Fsp3) is 0.724. The van der Waals surface area contributed by atoms with Crippen molar-refractivity contribution in [1.82, 2.24) is 4.90 Å². The van der Waals surface area contributed by atoms with Gasteiger partial charge < -0.3 is 24.0 Å². The van der Waals surface area contributed by atoms with Crippen LogP contribution in [-0.4, -0.2) is 66.9 Å².